The lowest BCUT2D eigenvalue weighted by molar-refractivity contribution is 0.136. The van der Waals surface area contributed by atoms with Gasteiger partial charge in [-0.05, 0) is 31.5 Å². The van der Waals surface area contributed by atoms with Gasteiger partial charge in [-0.2, -0.15) is 0 Å². The minimum Gasteiger partial charge on any atom is -0.382 e. The lowest BCUT2D eigenvalue weighted by Gasteiger charge is -2.17. The summed E-state index contributed by atoms with van der Waals surface area (Å²) in [6.07, 6.45) is 3.74. The monoisotopic (exact) mass is 226 g/mol. The van der Waals surface area contributed by atoms with Gasteiger partial charge >= 0.3 is 0 Å². The minimum absolute atomic E-state index is 0.111. The Kier molecular flexibility index (Phi) is 5.96. The summed E-state index contributed by atoms with van der Waals surface area (Å²) in [5.41, 5.74) is 0.876. The highest BCUT2D eigenvalue weighted by Crippen LogP contribution is 2.16. The van der Waals surface area contributed by atoms with Crippen LogP contribution in [-0.4, -0.2) is 24.7 Å². The summed E-state index contributed by atoms with van der Waals surface area (Å²) in [6, 6.07) is 1.63. The first-order valence-electron chi connectivity index (χ1n) is 5.69. The summed E-state index contributed by atoms with van der Waals surface area (Å²) >= 11 is 0. The summed E-state index contributed by atoms with van der Waals surface area (Å²) in [7, 11) is 0. The second-order valence-electron chi connectivity index (χ2n) is 3.53. The molecular formula is C12H19FN2O. The predicted octanol–water partition coefficient (Wildman–Crippen LogP) is 2.30. The van der Waals surface area contributed by atoms with E-state index < -0.39 is 0 Å². The number of nitrogens with zero attached hydrogens (tertiary/aromatic N) is 1. The van der Waals surface area contributed by atoms with Gasteiger partial charge in [-0.3, -0.25) is 4.98 Å². The van der Waals surface area contributed by atoms with Crippen molar-refractivity contribution in [2.75, 3.05) is 19.8 Å². The zero-order chi connectivity index (χ0) is 11.8. The molecule has 0 spiro atoms. The molecule has 0 radical (unpaired) electrons. The molecule has 1 aromatic heterocycles. The van der Waals surface area contributed by atoms with E-state index in [9.17, 15) is 4.39 Å². The second-order valence-corrected chi connectivity index (χ2v) is 3.53. The lowest BCUT2D eigenvalue weighted by Crippen LogP contribution is -2.22. The summed E-state index contributed by atoms with van der Waals surface area (Å²) < 4.78 is 18.3. The van der Waals surface area contributed by atoms with E-state index in [-0.39, 0.29) is 11.9 Å². The van der Waals surface area contributed by atoms with E-state index in [0.29, 0.717) is 13.2 Å². The summed E-state index contributed by atoms with van der Waals surface area (Å²) in [5, 5.41) is 3.30. The van der Waals surface area contributed by atoms with Crippen LogP contribution in [0.25, 0.3) is 0 Å². The van der Waals surface area contributed by atoms with Crippen LogP contribution in [0.1, 0.15) is 31.9 Å². The van der Waals surface area contributed by atoms with Crippen LogP contribution in [0.4, 0.5) is 4.39 Å². The van der Waals surface area contributed by atoms with Gasteiger partial charge in [-0.1, -0.05) is 6.92 Å². The molecule has 4 heteroatoms. The average Bonchev–Trinajstić information content (AvgIpc) is 2.28. The second kappa shape index (κ2) is 7.30. The largest absolute Gasteiger partial charge is 0.382 e. The third-order valence-electron chi connectivity index (χ3n) is 2.33. The van der Waals surface area contributed by atoms with E-state index in [4.69, 9.17) is 4.74 Å². The summed E-state index contributed by atoms with van der Waals surface area (Å²) in [4.78, 5) is 3.86. The van der Waals surface area contributed by atoms with E-state index in [1.807, 2.05) is 13.8 Å². The Morgan fingerprint density at radius 2 is 2.25 bits per heavy atom. The molecule has 1 N–H and O–H groups in total. The molecule has 0 aliphatic rings. The van der Waals surface area contributed by atoms with Gasteiger partial charge in [-0.25, -0.2) is 4.39 Å². The average molecular weight is 226 g/mol. The number of hydrogen-bond donors (Lipinski definition) is 1. The Morgan fingerprint density at radius 3 is 2.88 bits per heavy atom. The Hall–Kier alpha value is -1.00. The molecule has 1 heterocycles. The molecule has 0 bridgehead atoms. The molecule has 1 rings (SSSR count). The molecular weight excluding hydrogens is 207 g/mol. The van der Waals surface area contributed by atoms with Crippen molar-refractivity contribution in [3.8, 4) is 0 Å². The van der Waals surface area contributed by atoms with Gasteiger partial charge < -0.3 is 10.1 Å². The van der Waals surface area contributed by atoms with Gasteiger partial charge in [0.1, 0.15) is 5.82 Å². The van der Waals surface area contributed by atoms with Crippen LogP contribution in [0.15, 0.2) is 18.5 Å². The molecule has 0 saturated carbocycles. The third kappa shape index (κ3) is 4.24. The fourth-order valence-electron chi connectivity index (χ4n) is 1.60. The molecule has 1 atom stereocenters. The lowest BCUT2D eigenvalue weighted by atomic mass is 10.1. The van der Waals surface area contributed by atoms with Crippen LogP contribution in [-0.2, 0) is 4.74 Å². The Morgan fingerprint density at radius 1 is 1.44 bits per heavy atom. The van der Waals surface area contributed by atoms with Gasteiger partial charge in [0.2, 0.25) is 0 Å². The fourth-order valence-corrected chi connectivity index (χ4v) is 1.60. The van der Waals surface area contributed by atoms with Crippen molar-refractivity contribution in [2.45, 2.75) is 26.3 Å². The zero-order valence-electron chi connectivity index (χ0n) is 9.87. The molecule has 3 nitrogen and oxygen atoms in total. The quantitative estimate of drug-likeness (QED) is 0.724. The Labute approximate surface area is 96.0 Å². The maximum Gasteiger partial charge on any atom is 0.141 e. The molecule has 0 aliphatic carbocycles. The summed E-state index contributed by atoms with van der Waals surface area (Å²) in [5.74, 6) is -0.295. The van der Waals surface area contributed by atoms with Crippen molar-refractivity contribution in [3.63, 3.8) is 0 Å². The first kappa shape index (κ1) is 13.1. The zero-order valence-corrected chi connectivity index (χ0v) is 9.87. The standard InChI is InChI=1S/C12H19FN2O/c1-3-15-12(5-6-16-4-2)10-7-11(13)9-14-8-10/h7-9,12,15H,3-6H2,1-2H3. The van der Waals surface area contributed by atoms with E-state index in [0.717, 1.165) is 18.5 Å². The molecule has 1 unspecified atom stereocenters. The maximum absolute atomic E-state index is 13.0. The third-order valence-corrected chi connectivity index (χ3v) is 2.33. The first-order chi connectivity index (χ1) is 7.77. The van der Waals surface area contributed by atoms with Crippen molar-refractivity contribution in [1.29, 1.82) is 0 Å². The van der Waals surface area contributed by atoms with E-state index in [1.54, 1.807) is 6.20 Å². The van der Waals surface area contributed by atoms with Crippen LogP contribution in [0, 0.1) is 5.82 Å². The number of aromatic nitrogens is 1. The van der Waals surface area contributed by atoms with Gasteiger partial charge in [0.05, 0.1) is 6.20 Å². The molecule has 0 fully saturated rings. The van der Waals surface area contributed by atoms with Crippen LogP contribution in [0.2, 0.25) is 0 Å². The topological polar surface area (TPSA) is 34.1 Å². The van der Waals surface area contributed by atoms with Gasteiger partial charge in [0.15, 0.2) is 0 Å². The molecule has 90 valence electrons. The maximum atomic E-state index is 13.0. The van der Waals surface area contributed by atoms with Gasteiger partial charge in [0.25, 0.3) is 0 Å². The molecule has 0 aromatic carbocycles. The van der Waals surface area contributed by atoms with Crippen LogP contribution < -0.4 is 5.32 Å². The van der Waals surface area contributed by atoms with Crippen LogP contribution in [0.5, 0.6) is 0 Å². The number of ether oxygens (including phenoxy) is 1. The molecule has 16 heavy (non-hydrogen) atoms. The van der Waals surface area contributed by atoms with Crippen LogP contribution >= 0.6 is 0 Å². The van der Waals surface area contributed by atoms with Crippen molar-refractivity contribution in [3.05, 3.63) is 29.8 Å². The smallest absolute Gasteiger partial charge is 0.141 e. The van der Waals surface area contributed by atoms with Gasteiger partial charge in [-0.15, -0.1) is 0 Å². The molecule has 0 amide bonds. The molecule has 1 aromatic rings. The fraction of sp³-hybridized carbons (Fsp3) is 0.583. The Bertz CT molecular complexity index is 307. The number of nitrogens with one attached hydrogen (secondary N) is 1. The van der Waals surface area contributed by atoms with Crippen LogP contribution in [0.3, 0.4) is 0 Å². The Balaban J connectivity index is 2.61. The normalized spacial score (nSPS) is 12.7. The molecule has 0 aliphatic heterocycles. The van der Waals surface area contributed by atoms with Gasteiger partial charge in [0, 0.05) is 25.5 Å². The number of halogens is 1. The highest BCUT2D eigenvalue weighted by Gasteiger charge is 2.10. The molecule has 0 saturated heterocycles. The van der Waals surface area contributed by atoms with Crippen molar-refractivity contribution in [2.24, 2.45) is 0 Å². The van der Waals surface area contributed by atoms with E-state index >= 15 is 0 Å². The number of hydrogen-bond acceptors (Lipinski definition) is 3. The predicted molar refractivity (Wildman–Crippen MR) is 61.7 cm³/mol. The van der Waals surface area contributed by atoms with Crippen molar-refractivity contribution >= 4 is 0 Å². The van der Waals surface area contributed by atoms with E-state index in [1.165, 1.54) is 12.3 Å². The van der Waals surface area contributed by atoms with Crippen molar-refractivity contribution in [1.82, 2.24) is 10.3 Å². The SMILES string of the molecule is CCNC(CCOCC)c1cncc(F)c1. The minimum atomic E-state index is -0.295. The van der Waals surface area contributed by atoms with Crippen molar-refractivity contribution < 1.29 is 9.13 Å². The van der Waals surface area contributed by atoms with E-state index in [2.05, 4.69) is 10.3 Å². The first-order valence-corrected chi connectivity index (χ1v) is 5.69. The number of rotatable bonds is 7. The highest BCUT2D eigenvalue weighted by atomic mass is 19.1. The summed E-state index contributed by atoms with van der Waals surface area (Å²) in [6.45, 7) is 6.21. The number of pyridine rings is 1. The highest BCUT2D eigenvalue weighted by molar-refractivity contribution is 5.15.